The number of hydrogen-bond acceptors (Lipinski definition) is 2. The van der Waals surface area contributed by atoms with Crippen LogP contribution in [-0.2, 0) is 4.79 Å². The number of nitrogens with one attached hydrogen (secondary N) is 1. The third-order valence-electron chi connectivity index (χ3n) is 5.53. The lowest BCUT2D eigenvalue weighted by Gasteiger charge is -2.43. The summed E-state index contributed by atoms with van der Waals surface area (Å²) < 4.78 is 0. The summed E-state index contributed by atoms with van der Waals surface area (Å²) in [5.74, 6) is 0.331. The lowest BCUT2D eigenvalue weighted by Crippen LogP contribution is -2.50. The quantitative estimate of drug-likeness (QED) is 0.859. The van der Waals surface area contributed by atoms with Gasteiger partial charge in [-0.15, -0.1) is 0 Å². The van der Waals surface area contributed by atoms with Crippen LogP contribution in [0.5, 0.6) is 0 Å². The molecule has 4 rings (SSSR count). The van der Waals surface area contributed by atoms with Gasteiger partial charge in [-0.3, -0.25) is 4.79 Å². The SMILES string of the molecule is Cc1ccc(C(C)NC(=O)C2(C#N)CC3C=CC2CC3)c(C)c1. The average Bonchev–Trinajstić information content (AvgIpc) is 2.55. The molecule has 0 aromatic heterocycles. The Balaban J connectivity index is 1.81. The first kappa shape index (κ1) is 15.8. The molecule has 4 atom stereocenters. The van der Waals surface area contributed by atoms with Crippen LogP contribution in [-0.4, -0.2) is 5.91 Å². The monoisotopic (exact) mass is 308 g/mol. The zero-order valence-corrected chi connectivity index (χ0v) is 14.1. The van der Waals surface area contributed by atoms with Gasteiger partial charge in [-0.2, -0.15) is 5.26 Å². The van der Waals surface area contributed by atoms with Crippen LogP contribution in [0.1, 0.15) is 48.9 Å². The molecule has 0 radical (unpaired) electrons. The highest BCUT2D eigenvalue weighted by molar-refractivity contribution is 5.87. The molecule has 3 heteroatoms. The minimum atomic E-state index is -0.884. The van der Waals surface area contributed by atoms with E-state index in [1.165, 1.54) is 11.1 Å². The van der Waals surface area contributed by atoms with Crippen LogP contribution in [0.3, 0.4) is 0 Å². The predicted octanol–water partition coefficient (Wildman–Crippen LogP) is 3.98. The van der Waals surface area contributed by atoms with E-state index in [0.29, 0.717) is 12.3 Å². The van der Waals surface area contributed by atoms with E-state index in [2.05, 4.69) is 55.6 Å². The molecule has 0 heterocycles. The Morgan fingerprint density at radius 2 is 2.13 bits per heavy atom. The van der Waals surface area contributed by atoms with Gasteiger partial charge in [0.2, 0.25) is 5.91 Å². The summed E-state index contributed by atoms with van der Waals surface area (Å²) in [6.45, 7) is 6.13. The van der Waals surface area contributed by atoms with Crippen molar-refractivity contribution in [1.29, 1.82) is 5.26 Å². The van der Waals surface area contributed by atoms with Gasteiger partial charge < -0.3 is 5.32 Å². The van der Waals surface area contributed by atoms with Gasteiger partial charge in [-0.1, -0.05) is 35.9 Å². The van der Waals surface area contributed by atoms with Crippen LogP contribution in [0.15, 0.2) is 30.4 Å². The second kappa shape index (κ2) is 5.85. The molecule has 3 aliphatic rings. The fraction of sp³-hybridized carbons (Fsp3) is 0.500. The second-order valence-corrected chi connectivity index (χ2v) is 7.17. The van der Waals surface area contributed by atoms with Gasteiger partial charge in [0.25, 0.3) is 0 Å². The third kappa shape index (κ3) is 2.67. The zero-order chi connectivity index (χ0) is 16.6. The maximum Gasteiger partial charge on any atom is 0.241 e. The highest BCUT2D eigenvalue weighted by Crippen LogP contribution is 2.49. The number of carbonyl (C=O) groups excluding carboxylic acids is 1. The molecule has 120 valence electrons. The molecule has 3 nitrogen and oxygen atoms in total. The van der Waals surface area contributed by atoms with Gasteiger partial charge in [0.1, 0.15) is 5.41 Å². The predicted molar refractivity (Wildman–Crippen MR) is 90.5 cm³/mol. The van der Waals surface area contributed by atoms with Gasteiger partial charge >= 0.3 is 0 Å². The van der Waals surface area contributed by atoms with Crippen molar-refractivity contribution in [2.24, 2.45) is 17.3 Å². The minimum absolute atomic E-state index is 0.0591. The summed E-state index contributed by atoms with van der Waals surface area (Å²) >= 11 is 0. The smallest absolute Gasteiger partial charge is 0.241 e. The summed E-state index contributed by atoms with van der Waals surface area (Å²) in [5, 5.41) is 12.9. The van der Waals surface area contributed by atoms with Crippen molar-refractivity contribution in [2.45, 2.75) is 46.1 Å². The van der Waals surface area contributed by atoms with Crippen molar-refractivity contribution in [3.8, 4) is 6.07 Å². The number of allylic oxidation sites excluding steroid dienone is 2. The van der Waals surface area contributed by atoms with Gasteiger partial charge in [-0.05, 0) is 57.1 Å². The Labute approximate surface area is 138 Å². The Morgan fingerprint density at radius 3 is 2.65 bits per heavy atom. The van der Waals surface area contributed by atoms with Gasteiger partial charge in [0, 0.05) is 5.92 Å². The maximum absolute atomic E-state index is 12.9. The molecule has 23 heavy (non-hydrogen) atoms. The van der Waals surface area contributed by atoms with E-state index < -0.39 is 5.41 Å². The Hall–Kier alpha value is -2.08. The van der Waals surface area contributed by atoms with Crippen molar-refractivity contribution in [3.05, 3.63) is 47.0 Å². The lowest BCUT2D eigenvalue weighted by molar-refractivity contribution is -0.133. The molecule has 1 saturated carbocycles. The summed E-state index contributed by atoms with van der Waals surface area (Å²) in [6.07, 6.45) is 6.98. The molecular weight excluding hydrogens is 284 g/mol. The number of benzene rings is 1. The van der Waals surface area contributed by atoms with Crippen LogP contribution in [0.25, 0.3) is 0 Å². The van der Waals surface area contributed by atoms with E-state index in [-0.39, 0.29) is 17.9 Å². The summed E-state index contributed by atoms with van der Waals surface area (Å²) in [5.41, 5.74) is 2.63. The molecule has 3 aliphatic carbocycles. The Kier molecular flexibility index (Phi) is 4.02. The Bertz CT molecular complexity index is 700. The van der Waals surface area contributed by atoms with E-state index in [4.69, 9.17) is 0 Å². The fourth-order valence-electron chi connectivity index (χ4n) is 4.18. The van der Waals surface area contributed by atoms with Crippen LogP contribution in [0, 0.1) is 42.4 Å². The van der Waals surface area contributed by atoms with Crippen LogP contribution < -0.4 is 5.32 Å². The highest BCUT2D eigenvalue weighted by Gasteiger charge is 2.51. The van der Waals surface area contributed by atoms with E-state index in [0.717, 1.165) is 18.4 Å². The highest BCUT2D eigenvalue weighted by atomic mass is 16.2. The maximum atomic E-state index is 12.9. The largest absolute Gasteiger partial charge is 0.348 e. The molecule has 1 aromatic rings. The topological polar surface area (TPSA) is 52.9 Å². The number of aryl methyl sites for hydroxylation is 2. The molecule has 4 unspecified atom stereocenters. The summed E-state index contributed by atoms with van der Waals surface area (Å²) in [7, 11) is 0. The van der Waals surface area contributed by atoms with Crippen LogP contribution in [0.4, 0.5) is 0 Å². The van der Waals surface area contributed by atoms with Crippen molar-refractivity contribution in [3.63, 3.8) is 0 Å². The van der Waals surface area contributed by atoms with E-state index >= 15 is 0 Å². The van der Waals surface area contributed by atoms with Crippen LogP contribution in [0.2, 0.25) is 0 Å². The van der Waals surface area contributed by atoms with Crippen LogP contribution >= 0.6 is 0 Å². The summed E-state index contributed by atoms with van der Waals surface area (Å²) in [6, 6.07) is 8.55. The molecular formula is C20H24N2O. The normalized spacial score (nSPS) is 29.8. The third-order valence-corrected chi connectivity index (χ3v) is 5.53. The van der Waals surface area contributed by atoms with Crippen molar-refractivity contribution in [1.82, 2.24) is 5.32 Å². The zero-order valence-electron chi connectivity index (χ0n) is 14.1. The summed E-state index contributed by atoms with van der Waals surface area (Å²) in [4.78, 5) is 12.9. The number of carbonyl (C=O) groups is 1. The molecule has 1 amide bonds. The number of nitrogens with zero attached hydrogens (tertiary/aromatic N) is 1. The number of nitriles is 1. The second-order valence-electron chi connectivity index (χ2n) is 7.17. The molecule has 0 spiro atoms. The molecule has 1 aromatic carbocycles. The molecule has 1 fully saturated rings. The first-order valence-electron chi connectivity index (χ1n) is 8.44. The van der Waals surface area contributed by atoms with Crippen molar-refractivity contribution < 1.29 is 4.79 Å². The fourth-order valence-corrected chi connectivity index (χ4v) is 4.18. The first-order valence-corrected chi connectivity index (χ1v) is 8.44. The average molecular weight is 308 g/mol. The molecule has 0 saturated heterocycles. The van der Waals surface area contributed by atoms with E-state index in [1.54, 1.807) is 0 Å². The van der Waals surface area contributed by atoms with Crippen molar-refractivity contribution >= 4 is 5.91 Å². The number of hydrogen-bond donors (Lipinski definition) is 1. The van der Waals surface area contributed by atoms with E-state index in [1.807, 2.05) is 6.92 Å². The Morgan fingerprint density at radius 1 is 1.35 bits per heavy atom. The number of amides is 1. The van der Waals surface area contributed by atoms with E-state index in [9.17, 15) is 10.1 Å². The molecule has 1 N–H and O–H groups in total. The minimum Gasteiger partial charge on any atom is -0.348 e. The van der Waals surface area contributed by atoms with Gasteiger partial charge in [0.05, 0.1) is 12.1 Å². The number of fused-ring (bicyclic) bond motifs is 2. The van der Waals surface area contributed by atoms with Gasteiger partial charge in [0.15, 0.2) is 0 Å². The first-order chi connectivity index (χ1) is 11.0. The molecule has 2 bridgehead atoms. The standard InChI is InChI=1S/C20H24N2O/c1-13-4-9-18(14(2)10-13)15(3)22-19(23)20(12-21)11-16-5-7-17(20)8-6-16/h4-5,7,9-10,15-17H,6,8,11H2,1-3H3,(H,22,23). The van der Waals surface area contributed by atoms with Crippen molar-refractivity contribution in [2.75, 3.05) is 0 Å². The number of rotatable bonds is 3. The lowest BCUT2D eigenvalue weighted by atomic mass is 9.59. The molecule has 0 aliphatic heterocycles. The van der Waals surface area contributed by atoms with Gasteiger partial charge in [-0.25, -0.2) is 0 Å².